The maximum atomic E-state index is 13.4. The number of carbonyl (C=O) groups is 2. The minimum Gasteiger partial charge on any atom is -0.348 e. The molecule has 0 saturated carbocycles. The lowest BCUT2D eigenvalue weighted by Crippen LogP contribution is -2.40. The summed E-state index contributed by atoms with van der Waals surface area (Å²) in [6, 6.07) is 11.8. The van der Waals surface area contributed by atoms with Gasteiger partial charge in [-0.1, -0.05) is 30.3 Å². The van der Waals surface area contributed by atoms with E-state index in [0.29, 0.717) is 17.5 Å². The van der Waals surface area contributed by atoms with Crippen molar-refractivity contribution >= 4 is 11.8 Å². The van der Waals surface area contributed by atoms with Gasteiger partial charge in [0.15, 0.2) is 0 Å². The fourth-order valence-electron chi connectivity index (χ4n) is 1.96. The Morgan fingerprint density at radius 3 is 2.22 bits per heavy atom. The Bertz CT molecular complexity index is 687. The van der Waals surface area contributed by atoms with Crippen molar-refractivity contribution in [3.05, 3.63) is 71.3 Å². The first-order chi connectivity index (χ1) is 11.1. The average Bonchev–Trinajstić information content (AvgIpc) is 2.55. The van der Waals surface area contributed by atoms with E-state index in [9.17, 15) is 18.4 Å². The molecular weight excluding hydrogens is 302 g/mol. The van der Waals surface area contributed by atoms with E-state index >= 15 is 0 Å². The molecule has 2 aromatic rings. The van der Waals surface area contributed by atoms with Crippen molar-refractivity contribution in [1.82, 2.24) is 10.6 Å². The molecule has 6 heteroatoms. The van der Waals surface area contributed by atoms with Gasteiger partial charge >= 0.3 is 11.8 Å². The van der Waals surface area contributed by atoms with Crippen LogP contribution in [0.15, 0.2) is 48.5 Å². The molecule has 0 saturated heterocycles. The molecule has 2 rings (SSSR count). The van der Waals surface area contributed by atoms with Gasteiger partial charge in [-0.15, -0.1) is 0 Å². The molecule has 2 aromatic carbocycles. The number of benzene rings is 2. The van der Waals surface area contributed by atoms with Gasteiger partial charge in [0.25, 0.3) is 0 Å². The summed E-state index contributed by atoms with van der Waals surface area (Å²) >= 11 is 0. The second kappa shape index (κ2) is 8.03. The van der Waals surface area contributed by atoms with Gasteiger partial charge in [-0.25, -0.2) is 8.78 Å². The quantitative estimate of drug-likeness (QED) is 0.828. The minimum atomic E-state index is -0.789. The average molecular weight is 318 g/mol. The Morgan fingerprint density at radius 1 is 0.870 bits per heavy atom. The van der Waals surface area contributed by atoms with Gasteiger partial charge in [0, 0.05) is 13.1 Å². The molecule has 0 atom stereocenters. The molecule has 0 aromatic heterocycles. The molecule has 0 radical (unpaired) electrons. The summed E-state index contributed by atoms with van der Waals surface area (Å²) in [5.41, 5.74) is 1.15. The fraction of sp³-hybridized carbons (Fsp3) is 0.176. The highest BCUT2D eigenvalue weighted by molar-refractivity contribution is 6.35. The van der Waals surface area contributed by atoms with Crippen LogP contribution in [-0.4, -0.2) is 18.4 Å². The summed E-state index contributed by atoms with van der Waals surface area (Å²) in [7, 11) is 0. The number of amides is 2. The molecule has 23 heavy (non-hydrogen) atoms. The molecule has 0 bridgehead atoms. The summed E-state index contributed by atoms with van der Waals surface area (Å²) < 4.78 is 26.1. The number of nitrogens with one attached hydrogen (secondary N) is 2. The first kappa shape index (κ1) is 16.6. The maximum Gasteiger partial charge on any atom is 0.309 e. The molecule has 0 aliphatic carbocycles. The smallest absolute Gasteiger partial charge is 0.309 e. The zero-order valence-corrected chi connectivity index (χ0v) is 12.3. The van der Waals surface area contributed by atoms with Crippen molar-refractivity contribution in [2.45, 2.75) is 13.0 Å². The fourth-order valence-corrected chi connectivity index (χ4v) is 1.96. The van der Waals surface area contributed by atoms with Crippen LogP contribution in [0, 0.1) is 11.6 Å². The number of rotatable bonds is 5. The van der Waals surface area contributed by atoms with E-state index in [2.05, 4.69) is 10.6 Å². The predicted octanol–water partition coefficient (Wildman–Crippen LogP) is 1.94. The minimum absolute atomic E-state index is 0.125. The van der Waals surface area contributed by atoms with Crippen molar-refractivity contribution in [2.24, 2.45) is 0 Å². The van der Waals surface area contributed by atoms with Gasteiger partial charge in [-0.05, 0) is 35.7 Å². The number of halogens is 2. The van der Waals surface area contributed by atoms with Gasteiger partial charge in [-0.3, -0.25) is 9.59 Å². The van der Waals surface area contributed by atoms with Gasteiger partial charge < -0.3 is 10.6 Å². The topological polar surface area (TPSA) is 58.2 Å². The second-order valence-corrected chi connectivity index (χ2v) is 4.91. The van der Waals surface area contributed by atoms with Crippen molar-refractivity contribution in [3.63, 3.8) is 0 Å². The second-order valence-electron chi connectivity index (χ2n) is 4.91. The van der Waals surface area contributed by atoms with Crippen molar-refractivity contribution in [3.8, 4) is 0 Å². The van der Waals surface area contributed by atoms with E-state index in [-0.39, 0.29) is 24.7 Å². The lowest BCUT2D eigenvalue weighted by Gasteiger charge is -2.07. The van der Waals surface area contributed by atoms with Crippen molar-refractivity contribution in [1.29, 1.82) is 0 Å². The Morgan fingerprint density at radius 2 is 1.52 bits per heavy atom. The third kappa shape index (κ3) is 5.18. The van der Waals surface area contributed by atoms with Crippen LogP contribution in [0.4, 0.5) is 8.78 Å². The van der Waals surface area contributed by atoms with Gasteiger partial charge in [0.2, 0.25) is 0 Å². The van der Waals surface area contributed by atoms with Crippen LogP contribution in [0.25, 0.3) is 0 Å². The summed E-state index contributed by atoms with van der Waals surface area (Å²) in [6.07, 6.45) is 0.295. The van der Waals surface area contributed by atoms with Crippen LogP contribution in [0.5, 0.6) is 0 Å². The molecule has 4 nitrogen and oxygen atoms in total. The molecule has 0 aliphatic rings. The van der Waals surface area contributed by atoms with Crippen molar-refractivity contribution in [2.75, 3.05) is 6.54 Å². The summed E-state index contributed by atoms with van der Waals surface area (Å²) in [5, 5.41) is 4.86. The zero-order valence-electron chi connectivity index (χ0n) is 12.3. The summed E-state index contributed by atoms with van der Waals surface area (Å²) in [5.74, 6) is -2.29. The SMILES string of the molecule is O=C(NCCc1ccccc1F)C(=O)NCc1ccc(F)cc1. The van der Waals surface area contributed by atoms with E-state index in [4.69, 9.17) is 0 Å². The highest BCUT2D eigenvalue weighted by atomic mass is 19.1. The molecule has 0 unspecified atom stereocenters. The Balaban J connectivity index is 1.73. The van der Waals surface area contributed by atoms with Crippen molar-refractivity contribution < 1.29 is 18.4 Å². The Labute approximate surface area is 132 Å². The van der Waals surface area contributed by atoms with E-state index in [0.717, 1.165) is 0 Å². The standard InChI is InChI=1S/C17H16F2N2O2/c18-14-7-5-12(6-8-14)11-21-17(23)16(22)20-10-9-13-3-1-2-4-15(13)19/h1-8H,9-11H2,(H,20,22)(H,21,23). The molecule has 120 valence electrons. The maximum absolute atomic E-state index is 13.4. The molecule has 0 fully saturated rings. The highest BCUT2D eigenvalue weighted by Gasteiger charge is 2.12. The van der Waals surface area contributed by atoms with Crippen LogP contribution >= 0.6 is 0 Å². The van der Waals surface area contributed by atoms with Crippen LogP contribution in [0.1, 0.15) is 11.1 Å². The molecular formula is C17H16F2N2O2. The summed E-state index contributed by atoms with van der Waals surface area (Å²) in [6.45, 7) is 0.281. The Kier molecular flexibility index (Phi) is 5.80. The molecule has 2 N–H and O–H groups in total. The van der Waals surface area contributed by atoms with Crippen LogP contribution in [-0.2, 0) is 22.6 Å². The van der Waals surface area contributed by atoms with E-state index < -0.39 is 11.8 Å². The van der Waals surface area contributed by atoms with Gasteiger partial charge in [0.1, 0.15) is 11.6 Å². The molecule has 0 spiro atoms. The van der Waals surface area contributed by atoms with E-state index in [1.54, 1.807) is 18.2 Å². The monoisotopic (exact) mass is 318 g/mol. The first-order valence-electron chi connectivity index (χ1n) is 7.10. The number of carbonyl (C=O) groups excluding carboxylic acids is 2. The largest absolute Gasteiger partial charge is 0.348 e. The predicted molar refractivity (Wildman–Crippen MR) is 81.4 cm³/mol. The van der Waals surface area contributed by atoms with Crippen LogP contribution in [0.2, 0.25) is 0 Å². The Hall–Kier alpha value is -2.76. The first-order valence-corrected chi connectivity index (χ1v) is 7.10. The van der Waals surface area contributed by atoms with E-state index in [1.807, 2.05) is 0 Å². The third-order valence-corrected chi connectivity index (χ3v) is 3.21. The third-order valence-electron chi connectivity index (χ3n) is 3.21. The highest BCUT2D eigenvalue weighted by Crippen LogP contribution is 2.06. The zero-order chi connectivity index (χ0) is 16.7. The summed E-state index contributed by atoms with van der Waals surface area (Å²) in [4.78, 5) is 23.2. The van der Waals surface area contributed by atoms with Crippen LogP contribution < -0.4 is 10.6 Å². The van der Waals surface area contributed by atoms with Gasteiger partial charge in [0.05, 0.1) is 0 Å². The normalized spacial score (nSPS) is 10.2. The molecule has 2 amide bonds. The number of hydrogen-bond acceptors (Lipinski definition) is 2. The molecule has 0 heterocycles. The number of hydrogen-bond donors (Lipinski definition) is 2. The van der Waals surface area contributed by atoms with E-state index in [1.165, 1.54) is 30.3 Å². The lowest BCUT2D eigenvalue weighted by molar-refractivity contribution is -0.139. The van der Waals surface area contributed by atoms with Gasteiger partial charge in [-0.2, -0.15) is 0 Å². The lowest BCUT2D eigenvalue weighted by atomic mass is 10.1. The van der Waals surface area contributed by atoms with Crippen LogP contribution in [0.3, 0.4) is 0 Å². The molecule has 0 aliphatic heterocycles.